The van der Waals surface area contributed by atoms with Crippen molar-refractivity contribution in [3.8, 4) is 0 Å². The lowest BCUT2D eigenvalue weighted by Crippen LogP contribution is -2.29. The zero-order valence-corrected chi connectivity index (χ0v) is 19.6. The van der Waals surface area contributed by atoms with Crippen molar-refractivity contribution < 1.29 is 4.92 Å². The molecule has 1 aliphatic rings. The van der Waals surface area contributed by atoms with E-state index in [1.807, 2.05) is 35.3 Å². The molecule has 1 heterocycles. The molecule has 0 aromatic heterocycles. The smallest absolute Gasteiger partial charge is 0.269 e. The molecule has 0 spiro atoms. The first-order chi connectivity index (χ1) is 13.4. The van der Waals surface area contributed by atoms with E-state index in [4.69, 9.17) is 0 Å². The fraction of sp³-hybridized carbons (Fsp3) is 0.368. The molecule has 152 valence electrons. The van der Waals surface area contributed by atoms with Crippen LogP contribution < -0.4 is 10.9 Å². The lowest BCUT2D eigenvalue weighted by molar-refractivity contribution is -0.384. The summed E-state index contributed by atoms with van der Waals surface area (Å²) < 4.78 is 0.752. The van der Waals surface area contributed by atoms with Gasteiger partial charge in [-0.15, -0.1) is 23.5 Å². The molecule has 5 nitrogen and oxygen atoms in total. The minimum Gasteiger partial charge on any atom is -0.301 e. The Kier molecular flexibility index (Phi) is 7.01. The maximum absolute atomic E-state index is 10.8. The number of non-ortho nitro benzene ring substituents is 1. The van der Waals surface area contributed by atoms with E-state index in [1.165, 1.54) is 29.0 Å². The molecule has 28 heavy (non-hydrogen) atoms. The predicted molar refractivity (Wildman–Crippen MR) is 131 cm³/mol. The number of nitrogens with zero attached hydrogens (tertiary/aromatic N) is 1. The molecule has 0 amide bonds. The summed E-state index contributed by atoms with van der Waals surface area (Å²) in [5.74, 6) is 0. The van der Waals surface area contributed by atoms with Gasteiger partial charge in [0.25, 0.3) is 5.69 Å². The number of benzene rings is 2. The third kappa shape index (κ3) is 4.22. The maximum atomic E-state index is 10.8. The molecule has 9 heteroatoms. The number of nitrogens with one attached hydrogen (secondary N) is 2. The molecule has 0 fully saturated rings. The predicted octanol–water partition coefficient (Wildman–Crippen LogP) is 6.00. The number of nitro groups is 1. The highest BCUT2D eigenvalue weighted by Gasteiger charge is 2.41. The van der Waals surface area contributed by atoms with E-state index < -0.39 is 4.92 Å². The number of fused-ring (bicyclic) bond motifs is 1. The normalized spacial score (nSPS) is 21.6. The fourth-order valence-electron chi connectivity index (χ4n) is 3.38. The van der Waals surface area contributed by atoms with Crippen LogP contribution in [0, 0.1) is 10.1 Å². The van der Waals surface area contributed by atoms with E-state index in [-0.39, 0.29) is 20.7 Å². The lowest BCUT2D eigenvalue weighted by Gasteiger charge is -2.45. The number of hydrazine groups is 1. The van der Waals surface area contributed by atoms with Crippen LogP contribution in [0.15, 0.2) is 47.4 Å². The summed E-state index contributed by atoms with van der Waals surface area (Å²) in [5, 5.41) is 10.8. The molecule has 2 aromatic carbocycles. The summed E-state index contributed by atoms with van der Waals surface area (Å²) in [5.41, 5.74) is 9.68. The summed E-state index contributed by atoms with van der Waals surface area (Å²) >= 11 is 5.86. The molecule has 2 atom stereocenters. The van der Waals surface area contributed by atoms with Gasteiger partial charge >= 0.3 is 0 Å². The highest BCUT2D eigenvalue weighted by Crippen LogP contribution is 2.62. The van der Waals surface area contributed by atoms with Crippen LogP contribution in [0.25, 0.3) is 0 Å². The average Bonchev–Trinajstić information content (AvgIpc) is 2.73. The number of anilines is 2. The van der Waals surface area contributed by atoms with Crippen LogP contribution in [0.1, 0.15) is 12.0 Å². The van der Waals surface area contributed by atoms with Gasteiger partial charge in [-0.05, 0) is 72.2 Å². The molecule has 0 radical (unpaired) electrons. The first kappa shape index (κ1) is 21.5. The van der Waals surface area contributed by atoms with Crippen molar-refractivity contribution in [1.82, 2.24) is 0 Å². The van der Waals surface area contributed by atoms with Crippen LogP contribution in [0.5, 0.6) is 0 Å². The largest absolute Gasteiger partial charge is 0.301 e. The Morgan fingerprint density at radius 3 is 2.25 bits per heavy atom. The van der Waals surface area contributed by atoms with E-state index in [2.05, 4.69) is 54.1 Å². The van der Waals surface area contributed by atoms with E-state index in [0.717, 1.165) is 11.4 Å². The highest BCUT2D eigenvalue weighted by molar-refractivity contribution is 8.27. The number of hydrogen-bond donors (Lipinski definition) is 3. The van der Waals surface area contributed by atoms with Gasteiger partial charge in [-0.1, -0.05) is 0 Å². The first-order valence-electron chi connectivity index (χ1n) is 8.71. The number of rotatable bonds is 7. The van der Waals surface area contributed by atoms with Gasteiger partial charge in [0, 0.05) is 16.7 Å². The zero-order valence-electron chi connectivity index (χ0n) is 16.3. The van der Waals surface area contributed by atoms with Crippen LogP contribution in [0.4, 0.5) is 17.1 Å². The number of thiol groups is 1. The summed E-state index contributed by atoms with van der Waals surface area (Å²) in [6, 6.07) is 13.0. The Labute approximate surface area is 181 Å². The first-order valence-corrected chi connectivity index (χ1v) is 14.3. The Morgan fingerprint density at radius 1 is 1.07 bits per heavy atom. The van der Waals surface area contributed by atoms with Crippen LogP contribution in [-0.4, -0.2) is 34.5 Å². The SMILES string of the molecule is CSC1CC(SC)(SC)c2cc(NNc3ccc([N+](=O)[O-])cc3)ccc2[SH]1C. The summed E-state index contributed by atoms with van der Waals surface area (Å²) in [4.78, 5) is 11.9. The molecule has 3 rings (SSSR count). The van der Waals surface area contributed by atoms with E-state index in [1.54, 1.807) is 12.1 Å². The van der Waals surface area contributed by atoms with Crippen molar-refractivity contribution in [2.45, 2.75) is 20.0 Å². The van der Waals surface area contributed by atoms with Gasteiger partial charge in [0.05, 0.1) is 20.4 Å². The van der Waals surface area contributed by atoms with Gasteiger partial charge in [0.1, 0.15) is 0 Å². The van der Waals surface area contributed by atoms with Gasteiger partial charge in [0.2, 0.25) is 0 Å². The van der Waals surface area contributed by atoms with Gasteiger partial charge in [0.15, 0.2) is 0 Å². The Hall–Kier alpha value is -1.16. The summed E-state index contributed by atoms with van der Waals surface area (Å²) in [7, 11) is -0.192. The second-order valence-corrected chi connectivity index (χ2v) is 12.6. The molecular formula is C19H25N3O2S4. The fourth-order valence-corrected chi connectivity index (χ4v) is 9.93. The summed E-state index contributed by atoms with van der Waals surface area (Å²) in [6.45, 7) is 0. The third-order valence-electron chi connectivity index (χ3n) is 5.02. The van der Waals surface area contributed by atoms with Crippen LogP contribution >= 0.6 is 46.2 Å². The molecule has 2 aromatic rings. The molecule has 0 aliphatic carbocycles. The second-order valence-electron chi connectivity index (χ2n) is 6.45. The monoisotopic (exact) mass is 455 g/mol. The average molecular weight is 456 g/mol. The minimum atomic E-state index is -0.393. The van der Waals surface area contributed by atoms with E-state index in [9.17, 15) is 10.1 Å². The van der Waals surface area contributed by atoms with E-state index >= 15 is 0 Å². The van der Waals surface area contributed by atoms with Crippen LogP contribution in [0.2, 0.25) is 0 Å². The molecular weight excluding hydrogens is 430 g/mol. The molecule has 0 saturated heterocycles. The van der Waals surface area contributed by atoms with Crippen molar-refractivity contribution in [1.29, 1.82) is 0 Å². The maximum Gasteiger partial charge on any atom is 0.269 e. The van der Waals surface area contributed by atoms with Crippen molar-refractivity contribution in [2.24, 2.45) is 0 Å². The Balaban J connectivity index is 1.84. The molecule has 1 aliphatic heterocycles. The highest BCUT2D eigenvalue weighted by atomic mass is 32.2. The summed E-state index contributed by atoms with van der Waals surface area (Å²) in [6.07, 6.45) is 10.2. The Morgan fingerprint density at radius 2 is 1.68 bits per heavy atom. The Bertz CT molecular complexity index is 844. The number of hydrogen-bond acceptors (Lipinski definition) is 7. The van der Waals surface area contributed by atoms with Gasteiger partial charge < -0.3 is 10.9 Å². The molecule has 2 N–H and O–H groups in total. The molecule has 2 unspecified atom stereocenters. The second kappa shape index (κ2) is 9.11. The van der Waals surface area contributed by atoms with Crippen molar-refractivity contribution >= 4 is 63.2 Å². The minimum absolute atomic E-state index is 0.0723. The van der Waals surface area contributed by atoms with Crippen molar-refractivity contribution in [3.05, 3.63) is 58.1 Å². The zero-order chi connectivity index (χ0) is 20.3. The molecule has 0 saturated carbocycles. The van der Waals surface area contributed by atoms with Crippen molar-refractivity contribution in [3.63, 3.8) is 0 Å². The van der Waals surface area contributed by atoms with Gasteiger partial charge in [-0.2, -0.15) is 11.8 Å². The number of nitro benzene ring substituents is 1. The third-order valence-corrected chi connectivity index (χ3v) is 12.6. The standard InChI is InChI=1S/C19H25N3O2S4/c1-25-18-12-19(26-2,27-3)16-11-14(7-10-17(16)28(18)4)21-20-13-5-8-15(9-6-13)22(23)24/h5-11,18,20-21,28H,12H2,1-4H3. The number of thioether (sulfide) groups is 3. The quantitative estimate of drug-likeness (QED) is 0.205. The van der Waals surface area contributed by atoms with Gasteiger partial charge in [-0.25, -0.2) is 10.9 Å². The van der Waals surface area contributed by atoms with Crippen LogP contribution in [-0.2, 0) is 4.08 Å². The van der Waals surface area contributed by atoms with Crippen molar-refractivity contribution in [2.75, 3.05) is 35.9 Å². The van der Waals surface area contributed by atoms with Crippen LogP contribution in [0.3, 0.4) is 0 Å². The van der Waals surface area contributed by atoms with Gasteiger partial charge in [-0.3, -0.25) is 10.1 Å². The topological polar surface area (TPSA) is 67.2 Å². The lowest BCUT2D eigenvalue weighted by atomic mass is 10.1. The molecule has 0 bridgehead atoms. The van der Waals surface area contributed by atoms with E-state index in [0.29, 0.717) is 4.58 Å².